The zero-order chi connectivity index (χ0) is 11.7. The first-order valence-electron chi connectivity index (χ1n) is 5.29. The summed E-state index contributed by atoms with van der Waals surface area (Å²) in [5.41, 5.74) is 1.67. The van der Waals surface area contributed by atoms with Crippen molar-refractivity contribution in [3.63, 3.8) is 0 Å². The molecule has 1 unspecified atom stereocenters. The molecule has 2 amide bonds. The first-order chi connectivity index (χ1) is 7.61. The van der Waals surface area contributed by atoms with Crippen molar-refractivity contribution in [3.8, 4) is 0 Å². The normalized spacial score (nSPS) is 18.9. The van der Waals surface area contributed by atoms with Crippen molar-refractivity contribution in [2.45, 2.75) is 19.4 Å². The predicted octanol–water partition coefficient (Wildman–Crippen LogP) is 0.217. The van der Waals surface area contributed by atoms with E-state index in [4.69, 9.17) is 0 Å². The molecule has 1 aromatic rings. The average Bonchev–Trinajstić information content (AvgIpc) is 2.65. The van der Waals surface area contributed by atoms with Crippen LogP contribution >= 0.6 is 0 Å². The lowest BCUT2D eigenvalue weighted by molar-refractivity contribution is -0.121. The molecule has 1 aliphatic rings. The summed E-state index contributed by atoms with van der Waals surface area (Å²) in [5.74, 6) is -0.0836. The second-order valence-corrected chi connectivity index (χ2v) is 4.05. The summed E-state index contributed by atoms with van der Waals surface area (Å²) < 4.78 is 1.89. The second kappa shape index (κ2) is 4.00. The molecule has 5 heteroatoms. The Morgan fingerprint density at radius 1 is 1.69 bits per heavy atom. The van der Waals surface area contributed by atoms with Crippen LogP contribution in [0.2, 0.25) is 0 Å². The average molecular weight is 221 g/mol. The molecule has 0 aliphatic carbocycles. The van der Waals surface area contributed by atoms with Gasteiger partial charge in [0, 0.05) is 26.2 Å². The molecule has 2 rings (SSSR count). The predicted molar refractivity (Wildman–Crippen MR) is 59.2 cm³/mol. The highest BCUT2D eigenvalue weighted by Crippen LogP contribution is 2.21. The van der Waals surface area contributed by atoms with Crippen LogP contribution < -0.4 is 10.6 Å². The maximum Gasteiger partial charge on any atom is 0.267 e. The number of nitrogens with zero attached hydrogens (tertiary/aromatic N) is 1. The van der Waals surface area contributed by atoms with Gasteiger partial charge in [0.15, 0.2) is 0 Å². The fourth-order valence-electron chi connectivity index (χ4n) is 1.99. The summed E-state index contributed by atoms with van der Waals surface area (Å²) in [6.45, 7) is 2.45. The summed E-state index contributed by atoms with van der Waals surface area (Å²) in [6, 6.07) is 1.85. The molecule has 0 saturated carbocycles. The van der Waals surface area contributed by atoms with Gasteiger partial charge >= 0.3 is 0 Å². The molecule has 2 N–H and O–H groups in total. The Bertz CT molecular complexity index is 436. The molecule has 5 nitrogen and oxygen atoms in total. The molecule has 0 bridgehead atoms. The zero-order valence-electron chi connectivity index (χ0n) is 9.41. The standard InChI is InChI=1S/C11H15N3O2/c1-7-3-9-11(16)13-5-8(14(9)6-7)4-10(15)12-2/h3,6,8H,4-5H2,1-2H3,(H,12,15)(H,13,16). The molecule has 86 valence electrons. The van der Waals surface area contributed by atoms with E-state index in [1.165, 1.54) is 0 Å². The second-order valence-electron chi connectivity index (χ2n) is 4.05. The Morgan fingerprint density at radius 3 is 3.12 bits per heavy atom. The van der Waals surface area contributed by atoms with E-state index >= 15 is 0 Å². The summed E-state index contributed by atoms with van der Waals surface area (Å²) >= 11 is 0. The van der Waals surface area contributed by atoms with Gasteiger partial charge in [0.25, 0.3) is 5.91 Å². The molecule has 0 spiro atoms. The Morgan fingerprint density at radius 2 is 2.44 bits per heavy atom. The van der Waals surface area contributed by atoms with Crippen LogP contribution in [0.25, 0.3) is 0 Å². The van der Waals surface area contributed by atoms with Crippen molar-refractivity contribution in [2.75, 3.05) is 13.6 Å². The minimum absolute atomic E-state index is 0.0151. The van der Waals surface area contributed by atoms with E-state index in [1.807, 2.05) is 23.8 Å². The number of nitrogens with one attached hydrogen (secondary N) is 2. The molecule has 2 heterocycles. The van der Waals surface area contributed by atoms with Gasteiger partial charge in [0.05, 0.1) is 6.04 Å². The maximum absolute atomic E-state index is 11.6. The molecule has 1 aromatic heterocycles. The highest BCUT2D eigenvalue weighted by molar-refractivity contribution is 5.94. The molecule has 16 heavy (non-hydrogen) atoms. The van der Waals surface area contributed by atoms with Crippen LogP contribution in [-0.2, 0) is 4.79 Å². The first kappa shape index (κ1) is 10.7. The monoisotopic (exact) mass is 221 g/mol. The Hall–Kier alpha value is -1.78. The molecule has 1 atom stereocenters. The van der Waals surface area contributed by atoms with Crippen LogP contribution in [0.15, 0.2) is 12.3 Å². The fraction of sp³-hybridized carbons (Fsp3) is 0.455. The van der Waals surface area contributed by atoms with Crippen LogP contribution in [0.1, 0.15) is 28.5 Å². The molecule has 0 radical (unpaired) electrons. The van der Waals surface area contributed by atoms with Crippen LogP contribution in [0.5, 0.6) is 0 Å². The van der Waals surface area contributed by atoms with Gasteiger partial charge in [-0.2, -0.15) is 0 Å². The van der Waals surface area contributed by atoms with Crippen molar-refractivity contribution in [3.05, 3.63) is 23.5 Å². The van der Waals surface area contributed by atoms with Gasteiger partial charge in [-0.25, -0.2) is 0 Å². The molecule has 0 aromatic carbocycles. The Kier molecular flexibility index (Phi) is 2.68. The third kappa shape index (κ3) is 1.80. The van der Waals surface area contributed by atoms with Crippen LogP contribution in [0.3, 0.4) is 0 Å². The van der Waals surface area contributed by atoms with Gasteiger partial charge in [-0.1, -0.05) is 0 Å². The first-order valence-corrected chi connectivity index (χ1v) is 5.29. The van der Waals surface area contributed by atoms with Crippen molar-refractivity contribution in [2.24, 2.45) is 0 Å². The molecule has 1 aliphatic heterocycles. The number of carbonyl (C=O) groups is 2. The minimum Gasteiger partial charge on any atom is -0.359 e. The van der Waals surface area contributed by atoms with E-state index in [1.54, 1.807) is 7.05 Å². The molecule has 0 saturated heterocycles. The quantitative estimate of drug-likeness (QED) is 0.750. The summed E-state index contributed by atoms with van der Waals surface area (Å²) in [7, 11) is 1.62. The van der Waals surface area contributed by atoms with Crippen LogP contribution in [0.4, 0.5) is 0 Å². The maximum atomic E-state index is 11.6. The SMILES string of the molecule is CNC(=O)CC1CNC(=O)c2cc(C)cn21. The third-order valence-corrected chi connectivity index (χ3v) is 2.81. The van der Waals surface area contributed by atoms with E-state index in [9.17, 15) is 9.59 Å². The zero-order valence-corrected chi connectivity index (χ0v) is 9.41. The van der Waals surface area contributed by atoms with E-state index in [0.29, 0.717) is 18.7 Å². The van der Waals surface area contributed by atoms with Crippen molar-refractivity contribution >= 4 is 11.8 Å². The Balaban J connectivity index is 2.27. The summed E-state index contributed by atoms with van der Waals surface area (Å²) in [5, 5.41) is 5.39. The number of hydrogen-bond donors (Lipinski definition) is 2. The van der Waals surface area contributed by atoms with Crippen LogP contribution in [-0.4, -0.2) is 30.0 Å². The number of amides is 2. The van der Waals surface area contributed by atoms with Gasteiger partial charge in [0.1, 0.15) is 5.69 Å². The molecular formula is C11H15N3O2. The summed E-state index contributed by atoms with van der Waals surface area (Å²) in [4.78, 5) is 22.9. The lowest BCUT2D eigenvalue weighted by Crippen LogP contribution is -2.40. The van der Waals surface area contributed by atoms with Crippen molar-refractivity contribution < 1.29 is 9.59 Å². The Labute approximate surface area is 93.8 Å². The largest absolute Gasteiger partial charge is 0.359 e. The molecular weight excluding hydrogens is 206 g/mol. The van der Waals surface area contributed by atoms with E-state index in [2.05, 4.69) is 10.6 Å². The minimum atomic E-state index is -0.0683. The highest BCUT2D eigenvalue weighted by atomic mass is 16.2. The van der Waals surface area contributed by atoms with Gasteiger partial charge in [-0.05, 0) is 18.6 Å². The van der Waals surface area contributed by atoms with E-state index < -0.39 is 0 Å². The van der Waals surface area contributed by atoms with Gasteiger partial charge in [-0.3, -0.25) is 9.59 Å². The van der Waals surface area contributed by atoms with Crippen molar-refractivity contribution in [1.82, 2.24) is 15.2 Å². The number of fused-ring (bicyclic) bond motifs is 1. The topological polar surface area (TPSA) is 63.1 Å². The van der Waals surface area contributed by atoms with Gasteiger partial charge < -0.3 is 15.2 Å². The smallest absolute Gasteiger partial charge is 0.267 e. The number of hydrogen-bond acceptors (Lipinski definition) is 2. The molecule has 0 fully saturated rings. The van der Waals surface area contributed by atoms with Gasteiger partial charge in [-0.15, -0.1) is 0 Å². The number of carbonyl (C=O) groups excluding carboxylic acids is 2. The van der Waals surface area contributed by atoms with Crippen molar-refractivity contribution in [1.29, 1.82) is 0 Å². The third-order valence-electron chi connectivity index (χ3n) is 2.81. The fourth-order valence-corrected chi connectivity index (χ4v) is 1.99. The van der Waals surface area contributed by atoms with E-state index in [-0.39, 0.29) is 17.9 Å². The number of aromatic nitrogens is 1. The van der Waals surface area contributed by atoms with Gasteiger partial charge in [0.2, 0.25) is 5.91 Å². The highest BCUT2D eigenvalue weighted by Gasteiger charge is 2.26. The number of rotatable bonds is 2. The number of aryl methyl sites for hydroxylation is 1. The lowest BCUT2D eigenvalue weighted by Gasteiger charge is -2.25. The lowest BCUT2D eigenvalue weighted by atomic mass is 10.1. The van der Waals surface area contributed by atoms with E-state index in [0.717, 1.165) is 5.56 Å². The van der Waals surface area contributed by atoms with Crippen LogP contribution in [0, 0.1) is 6.92 Å². The summed E-state index contributed by atoms with van der Waals surface area (Å²) in [6.07, 6.45) is 2.31.